The molecule has 1 saturated heterocycles. The summed E-state index contributed by atoms with van der Waals surface area (Å²) in [5.74, 6) is -0.133. The van der Waals surface area contributed by atoms with E-state index >= 15 is 0 Å². The molecule has 5 rings (SSSR count). The largest absolute Gasteiger partial charge is 0.466 e. The second-order valence-electron chi connectivity index (χ2n) is 9.53. The maximum Gasteiger partial charge on any atom is 0.308 e. The maximum absolute atomic E-state index is 12.2. The Labute approximate surface area is 200 Å². The third kappa shape index (κ3) is 4.27. The minimum Gasteiger partial charge on any atom is -0.466 e. The number of rotatable bonds is 6. The van der Waals surface area contributed by atoms with Crippen LogP contribution < -0.4 is 10.8 Å². The number of carbonyl (C=O) groups excluding carboxylic acids is 1. The van der Waals surface area contributed by atoms with Gasteiger partial charge in [0.25, 0.3) is 0 Å². The summed E-state index contributed by atoms with van der Waals surface area (Å²) in [7, 11) is 0. The number of ether oxygens (including phenoxy) is 2. The zero-order valence-electron chi connectivity index (χ0n) is 20.4. The fraction of sp³-hybridized carbons (Fsp3) is 0.640. The summed E-state index contributed by atoms with van der Waals surface area (Å²) in [6.45, 7) is 8.70. The Morgan fingerprint density at radius 2 is 2.03 bits per heavy atom. The number of hydrogen-bond acceptors (Lipinski definition) is 8. The van der Waals surface area contributed by atoms with E-state index in [2.05, 4.69) is 28.9 Å². The SMILES string of the molecule is CCOC(=O)C1CCC2(C=C(c3c(C)nc4c(cnn4CC)c3NC3CCOCC3)NO2)CC1. The first-order valence-electron chi connectivity index (χ1n) is 12.6. The van der Waals surface area contributed by atoms with Gasteiger partial charge in [-0.15, -0.1) is 0 Å². The lowest BCUT2D eigenvalue weighted by molar-refractivity contribution is -0.151. The van der Waals surface area contributed by atoms with Gasteiger partial charge in [-0.25, -0.2) is 9.67 Å². The van der Waals surface area contributed by atoms with Gasteiger partial charge in [0, 0.05) is 31.4 Å². The first kappa shape index (κ1) is 23.1. The van der Waals surface area contributed by atoms with Crippen LogP contribution in [0.3, 0.4) is 0 Å². The van der Waals surface area contributed by atoms with Gasteiger partial charge in [-0.3, -0.25) is 15.1 Å². The molecular formula is C25H35N5O4. The van der Waals surface area contributed by atoms with Crippen LogP contribution in [0.15, 0.2) is 12.3 Å². The van der Waals surface area contributed by atoms with Crippen LogP contribution in [0.4, 0.5) is 5.69 Å². The fourth-order valence-corrected chi connectivity index (χ4v) is 5.41. The van der Waals surface area contributed by atoms with Crippen molar-refractivity contribution in [1.82, 2.24) is 20.2 Å². The Balaban J connectivity index is 1.47. The van der Waals surface area contributed by atoms with E-state index in [9.17, 15) is 4.79 Å². The Bertz CT molecular complexity index is 1080. The minimum atomic E-state index is -0.413. The molecule has 3 aliphatic rings. The van der Waals surface area contributed by atoms with E-state index in [1.807, 2.05) is 24.7 Å². The van der Waals surface area contributed by atoms with Gasteiger partial charge < -0.3 is 14.8 Å². The molecule has 34 heavy (non-hydrogen) atoms. The van der Waals surface area contributed by atoms with Crippen LogP contribution >= 0.6 is 0 Å². The maximum atomic E-state index is 12.2. The lowest BCUT2D eigenvalue weighted by Crippen LogP contribution is -2.37. The monoisotopic (exact) mass is 469 g/mol. The van der Waals surface area contributed by atoms with Gasteiger partial charge in [0.15, 0.2) is 5.65 Å². The molecule has 0 unspecified atom stereocenters. The zero-order valence-corrected chi connectivity index (χ0v) is 20.4. The van der Waals surface area contributed by atoms with Gasteiger partial charge in [0.1, 0.15) is 5.60 Å². The van der Waals surface area contributed by atoms with Gasteiger partial charge in [-0.2, -0.15) is 5.10 Å². The van der Waals surface area contributed by atoms with Crippen molar-refractivity contribution >= 4 is 28.4 Å². The average molecular weight is 470 g/mol. The van der Waals surface area contributed by atoms with Crippen molar-refractivity contribution in [2.24, 2.45) is 5.92 Å². The number of anilines is 1. The summed E-state index contributed by atoms with van der Waals surface area (Å²) in [4.78, 5) is 23.3. The molecule has 0 amide bonds. The van der Waals surface area contributed by atoms with E-state index in [0.717, 1.165) is 92.0 Å². The molecular weight excluding hydrogens is 434 g/mol. The van der Waals surface area contributed by atoms with Crippen molar-refractivity contribution in [3.05, 3.63) is 23.5 Å². The van der Waals surface area contributed by atoms with E-state index in [1.54, 1.807) is 0 Å². The van der Waals surface area contributed by atoms with E-state index in [4.69, 9.17) is 19.3 Å². The highest BCUT2D eigenvalue weighted by Gasteiger charge is 2.42. The molecule has 9 nitrogen and oxygen atoms in total. The second-order valence-corrected chi connectivity index (χ2v) is 9.53. The molecule has 0 aromatic carbocycles. The predicted octanol–water partition coefficient (Wildman–Crippen LogP) is 3.72. The molecule has 0 radical (unpaired) electrons. The lowest BCUT2D eigenvalue weighted by Gasteiger charge is -2.33. The molecule has 0 bridgehead atoms. The molecule has 1 spiro atoms. The molecule has 1 aliphatic carbocycles. The Hall–Kier alpha value is -2.65. The number of pyridine rings is 1. The molecule has 2 aromatic heterocycles. The predicted molar refractivity (Wildman–Crippen MR) is 129 cm³/mol. The standard InChI is InChI=1S/C25H35N5O4/c1-4-30-23-19(15-26-30)22(28-18-8-12-32-13-9-18)21(16(3)27-23)20-14-25(34-29-20)10-6-17(7-11-25)24(31)33-5-2/h14-15,17-18,29H,4-13H2,1-3H3,(H,27,28). The number of fused-ring (bicyclic) bond motifs is 1. The summed E-state index contributed by atoms with van der Waals surface area (Å²) in [6, 6.07) is 0.333. The number of hydroxylamine groups is 1. The topological polar surface area (TPSA) is 99.5 Å². The Morgan fingerprint density at radius 1 is 1.26 bits per heavy atom. The quantitative estimate of drug-likeness (QED) is 0.618. The highest BCUT2D eigenvalue weighted by atomic mass is 16.7. The average Bonchev–Trinajstić information content (AvgIpc) is 3.44. The molecule has 2 fully saturated rings. The minimum absolute atomic E-state index is 0.0444. The highest BCUT2D eigenvalue weighted by molar-refractivity contribution is 5.97. The van der Waals surface area contributed by atoms with E-state index in [0.29, 0.717) is 12.6 Å². The lowest BCUT2D eigenvalue weighted by atomic mass is 9.78. The number of nitrogens with one attached hydrogen (secondary N) is 2. The molecule has 184 valence electrons. The van der Waals surface area contributed by atoms with Gasteiger partial charge >= 0.3 is 5.97 Å². The highest BCUT2D eigenvalue weighted by Crippen LogP contribution is 2.43. The zero-order chi connectivity index (χ0) is 23.7. The van der Waals surface area contributed by atoms with Gasteiger partial charge in [0.05, 0.1) is 41.2 Å². The summed E-state index contributed by atoms with van der Waals surface area (Å²) in [5.41, 5.74) is 7.63. The van der Waals surface area contributed by atoms with Crippen LogP contribution in [0.1, 0.15) is 63.6 Å². The third-order valence-corrected chi connectivity index (χ3v) is 7.33. The number of hydrogen-bond donors (Lipinski definition) is 2. The normalized spacial score (nSPS) is 25.4. The smallest absolute Gasteiger partial charge is 0.308 e. The van der Waals surface area contributed by atoms with Crippen molar-refractivity contribution in [3.8, 4) is 0 Å². The molecule has 2 aromatic rings. The Morgan fingerprint density at radius 3 is 2.74 bits per heavy atom. The number of carbonyl (C=O) groups is 1. The number of esters is 1. The second kappa shape index (κ2) is 9.54. The van der Waals surface area contributed by atoms with Crippen LogP contribution in [0.25, 0.3) is 16.7 Å². The van der Waals surface area contributed by atoms with E-state index in [1.165, 1.54) is 0 Å². The van der Waals surface area contributed by atoms with Gasteiger partial charge in [0.2, 0.25) is 0 Å². The summed E-state index contributed by atoms with van der Waals surface area (Å²) < 4.78 is 12.7. The fourth-order valence-electron chi connectivity index (χ4n) is 5.41. The molecule has 4 heterocycles. The third-order valence-electron chi connectivity index (χ3n) is 7.33. The number of nitrogens with zero attached hydrogens (tertiary/aromatic N) is 3. The molecule has 0 atom stereocenters. The van der Waals surface area contributed by atoms with Crippen molar-refractivity contribution in [1.29, 1.82) is 0 Å². The van der Waals surface area contributed by atoms with Crippen LogP contribution in [-0.4, -0.2) is 52.2 Å². The first-order valence-corrected chi connectivity index (χ1v) is 12.6. The van der Waals surface area contributed by atoms with Crippen LogP contribution in [0.5, 0.6) is 0 Å². The van der Waals surface area contributed by atoms with E-state index in [-0.39, 0.29) is 11.9 Å². The van der Waals surface area contributed by atoms with E-state index < -0.39 is 5.60 Å². The van der Waals surface area contributed by atoms with Crippen molar-refractivity contribution in [2.75, 3.05) is 25.1 Å². The van der Waals surface area contributed by atoms with Crippen molar-refractivity contribution in [2.45, 2.75) is 77.5 Å². The molecule has 2 N–H and O–H groups in total. The molecule has 9 heteroatoms. The van der Waals surface area contributed by atoms with Crippen LogP contribution in [0, 0.1) is 12.8 Å². The summed E-state index contributed by atoms with van der Waals surface area (Å²) in [5, 5.41) is 9.40. The van der Waals surface area contributed by atoms with Gasteiger partial charge in [-0.1, -0.05) is 0 Å². The van der Waals surface area contributed by atoms with Crippen molar-refractivity contribution in [3.63, 3.8) is 0 Å². The number of aryl methyl sites for hydroxylation is 2. The van der Waals surface area contributed by atoms with Crippen molar-refractivity contribution < 1.29 is 19.1 Å². The summed E-state index contributed by atoms with van der Waals surface area (Å²) >= 11 is 0. The summed E-state index contributed by atoms with van der Waals surface area (Å²) in [6.07, 6.45) is 9.11. The van der Waals surface area contributed by atoms with Crippen LogP contribution in [-0.2, 0) is 25.7 Å². The molecule has 1 saturated carbocycles. The Kier molecular flexibility index (Phi) is 6.48. The van der Waals surface area contributed by atoms with Gasteiger partial charge in [-0.05, 0) is 65.4 Å². The first-order chi connectivity index (χ1) is 16.5. The number of aromatic nitrogens is 3. The van der Waals surface area contributed by atoms with Crippen LogP contribution in [0.2, 0.25) is 0 Å². The molecule has 2 aliphatic heterocycles.